The van der Waals surface area contributed by atoms with E-state index in [0.29, 0.717) is 6.54 Å². The fraction of sp³-hybridized carbons (Fsp3) is 0.118. The molecule has 0 atom stereocenters. The van der Waals surface area contributed by atoms with Crippen molar-refractivity contribution in [2.24, 2.45) is 10.1 Å². The Morgan fingerprint density at radius 3 is 2.74 bits per heavy atom. The van der Waals surface area contributed by atoms with E-state index in [1.807, 2.05) is 30.5 Å². The average Bonchev–Trinajstić information content (AvgIpc) is 2.98. The minimum Gasteiger partial charge on any atom is -0.258 e. The number of nitrogens with zero attached hydrogens (tertiary/aromatic N) is 4. The summed E-state index contributed by atoms with van der Waals surface area (Å²) < 4.78 is 14.9. The van der Waals surface area contributed by atoms with Crippen molar-refractivity contribution in [3.8, 4) is 11.3 Å². The molecule has 2 heterocycles. The lowest BCUT2D eigenvalue weighted by molar-refractivity contribution is 0.628. The Kier molecular flexibility index (Phi) is 4.73. The number of benzene rings is 1. The van der Waals surface area contributed by atoms with E-state index in [4.69, 9.17) is 0 Å². The zero-order chi connectivity index (χ0) is 16.1. The molecule has 2 aromatic heterocycles. The molecule has 0 N–H and O–H groups in total. The molecule has 0 aliphatic heterocycles. The van der Waals surface area contributed by atoms with E-state index >= 15 is 0 Å². The lowest BCUT2D eigenvalue weighted by atomic mass is 10.2. The number of pyridine rings is 1. The molecule has 0 radical (unpaired) electrons. The highest BCUT2D eigenvalue weighted by Crippen LogP contribution is 2.20. The first kappa shape index (κ1) is 15.3. The normalized spacial score (nSPS) is 12.2. The summed E-state index contributed by atoms with van der Waals surface area (Å²) in [5.41, 5.74) is 2.52. The molecule has 3 rings (SSSR count). The molecule has 116 valence electrons. The highest BCUT2D eigenvalue weighted by molar-refractivity contribution is 7.07. The first-order valence-electron chi connectivity index (χ1n) is 7.20. The van der Waals surface area contributed by atoms with Gasteiger partial charge in [0.1, 0.15) is 5.82 Å². The number of aromatic nitrogens is 2. The smallest absolute Gasteiger partial charge is 0.206 e. The summed E-state index contributed by atoms with van der Waals surface area (Å²) in [7, 11) is 0. The van der Waals surface area contributed by atoms with Crippen molar-refractivity contribution in [1.29, 1.82) is 0 Å². The summed E-state index contributed by atoms with van der Waals surface area (Å²) in [6, 6.07) is 12.0. The molecule has 1 aromatic carbocycles. The van der Waals surface area contributed by atoms with Crippen molar-refractivity contribution in [3.05, 3.63) is 70.4 Å². The van der Waals surface area contributed by atoms with Gasteiger partial charge in [0.25, 0.3) is 0 Å². The summed E-state index contributed by atoms with van der Waals surface area (Å²) in [5.74, 6) is -0.258. The topological polar surface area (TPSA) is 42.5 Å². The molecule has 0 fully saturated rings. The zero-order valence-corrected chi connectivity index (χ0v) is 13.4. The summed E-state index contributed by atoms with van der Waals surface area (Å²) in [4.78, 5) is 9.48. The standard InChI is InChI=1S/C17H15FN4S/c1-2-19-17-22(21-11-15-5-3-4-10-20-15)16(12-23-17)13-6-8-14(18)9-7-13/h3-12H,2H2,1H3. The van der Waals surface area contributed by atoms with Crippen molar-refractivity contribution in [3.63, 3.8) is 0 Å². The van der Waals surface area contributed by atoms with Crippen molar-refractivity contribution < 1.29 is 4.39 Å². The molecular weight excluding hydrogens is 311 g/mol. The predicted octanol–water partition coefficient (Wildman–Crippen LogP) is 3.55. The highest BCUT2D eigenvalue weighted by Gasteiger charge is 2.07. The van der Waals surface area contributed by atoms with Crippen LogP contribution in [0.5, 0.6) is 0 Å². The lowest BCUT2D eigenvalue weighted by Crippen LogP contribution is -2.12. The minimum absolute atomic E-state index is 0.258. The third kappa shape index (κ3) is 3.60. The van der Waals surface area contributed by atoms with Gasteiger partial charge in [0, 0.05) is 23.7 Å². The van der Waals surface area contributed by atoms with Crippen LogP contribution in [0.25, 0.3) is 11.3 Å². The van der Waals surface area contributed by atoms with E-state index in [9.17, 15) is 4.39 Å². The molecule has 0 spiro atoms. The second kappa shape index (κ2) is 7.11. The quantitative estimate of drug-likeness (QED) is 0.676. The van der Waals surface area contributed by atoms with Gasteiger partial charge in [-0.2, -0.15) is 5.10 Å². The largest absolute Gasteiger partial charge is 0.258 e. The Morgan fingerprint density at radius 1 is 1.22 bits per heavy atom. The maximum absolute atomic E-state index is 13.1. The third-order valence-corrected chi connectivity index (χ3v) is 3.97. The van der Waals surface area contributed by atoms with E-state index < -0.39 is 0 Å². The Bertz CT molecular complexity index is 864. The van der Waals surface area contributed by atoms with Crippen LogP contribution in [0.2, 0.25) is 0 Å². The second-order valence-corrected chi connectivity index (χ2v) is 5.53. The maximum Gasteiger partial charge on any atom is 0.206 e. The van der Waals surface area contributed by atoms with Crippen molar-refractivity contribution in [2.75, 3.05) is 6.54 Å². The molecule has 4 nitrogen and oxygen atoms in total. The number of hydrogen-bond acceptors (Lipinski definition) is 4. The Hall–Kier alpha value is -2.60. The Morgan fingerprint density at radius 2 is 2.04 bits per heavy atom. The number of rotatable bonds is 4. The van der Waals surface area contributed by atoms with Gasteiger partial charge in [0.05, 0.1) is 17.6 Å². The lowest BCUT2D eigenvalue weighted by Gasteiger charge is -2.03. The van der Waals surface area contributed by atoms with Crippen LogP contribution >= 0.6 is 11.3 Å². The molecule has 0 saturated carbocycles. The molecule has 0 unspecified atom stereocenters. The summed E-state index contributed by atoms with van der Waals surface area (Å²) in [6.45, 7) is 2.65. The highest BCUT2D eigenvalue weighted by atomic mass is 32.1. The number of hydrogen-bond donors (Lipinski definition) is 0. The van der Waals surface area contributed by atoms with Crippen LogP contribution in [0.3, 0.4) is 0 Å². The molecular formula is C17H15FN4S. The van der Waals surface area contributed by atoms with Crippen LogP contribution in [-0.2, 0) is 0 Å². The zero-order valence-electron chi connectivity index (χ0n) is 12.6. The van der Waals surface area contributed by atoms with Gasteiger partial charge in [-0.25, -0.2) is 9.07 Å². The van der Waals surface area contributed by atoms with Gasteiger partial charge in [0.15, 0.2) is 0 Å². The summed E-state index contributed by atoms with van der Waals surface area (Å²) >= 11 is 1.50. The van der Waals surface area contributed by atoms with Crippen molar-refractivity contribution in [2.45, 2.75) is 6.92 Å². The second-order valence-electron chi connectivity index (χ2n) is 4.70. The molecule has 23 heavy (non-hydrogen) atoms. The van der Waals surface area contributed by atoms with Crippen LogP contribution in [0.15, 0.2) is 64.1 Å². The molecule has 0 aliphatic rings. The van der Waals surface area contributed by atoms with Gasteiger partial charge in [-0.1, -0.05) is 6.07 Å². The van der Waals surface area contributed by atoms with E-state index in [0.717, 1.165) is 21.8 Å². The van der Waals surface area contributed by atoms with E-state index in [2.05, 4.69) is 15.1 Å². The first-order valence-corrected chi connectivity index (χ1v) is 8.08. The van der Waals surface area contributed by atoms with Crippen LogP contribution in [-0.4, -0.2) is 22.4 Å². The van der Waals surface area contributed by atoms with E-state index in [-0.39, 0.29) is 5.82 Å². The van der Waals surface area contributed by atoms with Gasteiger partial charge in [-0.05, 0) is 43.3 Å². The van der Waals surface area contributed by atoms with E-state index in [1.54, 1.807) is 29.2 Å². The molecule has 0 amide bonds. The summed E-state index contributed by atoms with van der Waals surface area (Å²) in [6.07, 6.45) is 3.41. The Labute approximate surface area is 137 Å². The first-order chi connectivity index (χ1) is 11.3. The van der Waals surface area contributed by atoms with Gasteiger partial charge in [-0.3, -0.25) is 9.98 Å². The molecule has 0 bridgehead atoms. The third-order valence-electron chi connectivity index (χ3n) is 3.11. The number of thiazole rings is 1. The fourth-order valence-electron chi connectivity index (χ4n) is 2.04. The summed E-state index contributed by atoms with van der Waals surface area (Å²) in [5, 5.41) is 6.48. The molecule has 0 aliphatic carbocycles. The SMILES string of the molecule is CCN=c1scc(-c2ccc(F)cc2)n1N=Cc1ccccn1. The predicted molar refractivity (Wildman–Crippen MR) is 91.0 cm³/mol. The van der Waals surface area contributed by atoms with Crippen LogP contribution in [0, 0.1) is 5.82 Å². The minimum atomic E-state index is -0.258. The number of halogens is 1. The van der Waals surface area contributed by atoms with Crippen LogP contribution in [0.4, 0.5) is 4.39 Å². The Balaban J connectivity index is 2.06. The monoisotopic (exact) mass is 326 g/mol. The maximum atomic E-state index is 13.1. The fourth-order valence-corrected chi connectivity index (χ4v) is 2.94. The molecule has 3 aromatic rings. The van der Waals surface area contributed by atoms with E-state index in [1.165, 1.54) is 23.5 Å². The van der Waals surface area contributed by atoms with Crippen LogP contribution < -0.4 is 4.80 Å². The van der Waals surface area contributed by atoms with Gasteiger partial charge in [-0.15, -0.1) is 11.3 Å². The average molecular weight is 326 g/mol. The van der Waals surface area contributed by atoms with Crippen molar-refractivity contribution in [1.82, 2.24) is 9.66 Å². The molecule has 6 heteroatoms. The van der Waals surface area contributed by atoms with Gasteiger partial charge >= 0.3 is 0 Å². The van der Waals surface area contributed by atoms with Gasteiger partial charge in [0.2, 0.25) is 4.80 Å². The van der Waals surface area contributed by atoms with Crippen molar-refractivity contribution >= 4 is 17.6 Å². The van der Waals surface area contributed by atoms with Crippen LogP contribution in [0.1, 0.15) is 12.6 Å². The van der Waals surface area contributed by atoms with Gasteiger partial charge < -0.3 is 0 Å². The molecule has 0 saturated heterocycles.